The molecule has 0 unspecified atom stereocenters. The summed E-state index contributed by atoms with van der Waals surface area (Å²) < 4.78 is 25.7. The number of aromatic nitrogens is 2. The Labute approximate surface area is 127 Å². The zero-order valence-electron chi connectivity index (χ0n) is 13.1. The van der Waals surface area contributed by atoms with Crippen LogP contribution in [0.15, 0.2) is 11.4 Å². The van der Waals surface area contributed by atoms with E-state index in [0.717, 1.165) is 24.7 Å². The van der Waals surface area contributed by atoms with Crippen LogP contribution in [0.3, 0.4) is 0 Å². The van der Waals surface area contributed by atoms with E-state index < -0.39 is 9.84 Å². The lowest BCUT2D eigenvalue weighted by atomic mass is 10.1. The molecule has 1 aliphatic heterocycles. The highest BCUT2D eigenvalue weighted by Gasteiger charge is 2.38. The van der Waals surface area contributed by atoms with Crippen molar-refractivity contribution in [1.82, 2.24) is 14.5 Å². The van der Waals surface area contributed by atoms with E-state index in [1.165, 1.54) is 25.5 Å². The van der Waals surface area contributed by atoms with Gasteiger partial charge in [-0.05, 0) is 31.1 Å². The highest BCUT2D eigenvalue weighted by Crippen LogP contribution is 2.38. The van der Waals surface area contributed by atoms with Gasteiger partial charge in [0.05, 0.1) is 11.9 Å². The van der Waals surface area contributed by atoms with Crippen molar-refractivity contribution in [2.75, 3.05) is 12.8 Å². The standard InChI is InChI=1S/C15H25N3O2S/c1-11(2)8-18-14(7-16-15(18)21(3,19)20)10-17-9-12-4-5-13(17)6-12/h7,11-13H,4-6,8-10H2,1-3H3/t12-,13-/m0/s1. The Balaban J connectivity index is 1.86. The molecule has 1 saturated heterocycles. The third-order valence-electron chi connectivity index (χ3n) is 4.67. The van der Waals surface area contributed by atoms with Crippen LogP contribution in [0, 0.1) is 11.8 Å². The van der Waals surface area contributed by atoms with E-state index in [1.807, 2.05) is 4.57 Å². The van der Waals surface area contributed by atoms with Gasteiger partial charge in [0.15, 0.2) is 0 Å². The number of hydrogen-bond donors (Lipinski definition) is 0. The van der Waals surface area contributed by atoms with Crippen LogP contribution in [0.1, 0.15) is 38.8 Å². The fourth-order valence-corrected chi connectivity index (χ4v) is 4.64. The molecule has 0 amide bonds. The van der Waals surface area contributed by atoms with Gasteiger partial charge < -0.3 is 4.57 Å². The van der Waals surface area contributed by atoms with Gasteiger partial charge in [0.2, 0.25) is 15.0 Å². The zero-order valence-corrected chi connectivity index (χ0v) is 13.9. The number of fused-ring (bicyclic) bond motifs is 2. The highest BCUT2D eigenvalue weighted by molar-refractivity contribution is 7.90. The number of imidazole rings is 1. The summed E-state index contributed by atoms with van der Waals surface area (Å²) in [5.41, 5.74) is 1.04. The summed E-state index contributed by atoms with van der Waals surface area (Å²) >= 11 is 0. The summed E-state index contributed by atoms with van der Waals surface area (Å²) in [5, 5.41) is 0.218. The van der Waals surface area contributed by atoms with Gasteiger partial charge in [0.25, 0.3) is 0 Å². The largest absolute Gasteiger partial charge is 0.317 e. The number of sulfone groups is 1. The number of nitrogens with zero attached hydrogens (tertiary/aromatic N) is 3. The van der Waals surface area contributed by atoms with E-state index >= 15 is 0 Å². The molecule has 1 saturated carbocycles. The highest BCUT2D eigenvalue weighted by atomic mass is 32.2. The quantitative estimate of drug-likeness (QED) is 0.834. The second-order valence-electron chi connectivity index (χ2n) is 7.07. The Kier molecular flexibility index (Phi) is 3.86. The Morgan fingerprint density at radius 3 is 2.67 bits per heavy atom. The van der Waals surface area contributed by atoms with Crippen molar-refractivity contribution >= 4 is 9.84 Å². The second kappa shape index (κ2) is 5.39. The lowest BCUT2D eigenvalue weighted by molar-refractivity contribution is 0.199. The maximum Gasteiger partial charge on any atom is 0.227 e. The van der Waals surface area contributed by atoms with Crippen molar-refractivity contribution in [3.63, 3.8) is 0 Å². The molecule has 21 heavy (non-hydrogen) atoms. The molecule has 2 aliphatic rings. The summed E-state index contributed by atoms with van der Waals surface area (Å²) in [6.45, 7) is 6.91. The van der Waals surface area contributed by atoms with Crippen molar-refractivity contribution in [3.8, 4) is 0 Å². The van der Waals surface area contributed by atoms with Gasteiger partial charge in [0, 0.05) is 31.9 Å². The van der Waals surface area contributed by atoms with Gasteiger partial charge >= 0.3 is 0 Å². The van der Waals surface area contributed by atoms with Crippen LogP contribution >= 0.6 is 0 Å². The molecule has 0 radical (unpaired) electrons. The molecule has 2 atom stereocenters. The van der Waals surface area contributed by atoms with E-state index in [9.17, 15) is 8.42 Å². The molecule has 1 aromatic heterocycles. The molecule has 1 aromatic rings. The molecule has 0 aromatic carbocycles. The lowest BCUT2D eigenvalue weighted by Crippen LogP contribution is -2.32. The van der Waals surface area contributed by atoms with E-state index in [1.54, 1.807) is 6.20 Å². The summed E-state index contributed by atoms with van der Waals surface area (Å²) in [4.78, 5) is 6.70. The van der Waals surface area contributed by atoms with Gasteiger partial charge in [-0.2, -0.15) is 0 Å². The first-order chi connectivity index (χ1) is 9.84. The van der Waals surface area contributed by atoms with Crippen LogP contribution in [-0.2, 0) is 22.9 Å². The Hall–Kier alpha value is -0.880. The minimum atomic E-state index is -3.27. The summed E-state index contributed by atoms with van der Waals surface area (Å²) in [6, 6.07) is 0.694. The van der Waals surface area contributed by atoms with Gasteiger partial charge in [-0.25, -0.2) is 13.4 Å². The maximum absolute atomic E-state index is 11.9. The number of hydrogen-bond acceptors (Lipinski definition) is 4. The van der Waals surface area contributed by atoms with E-state index in [0.29, 0.717) is 18.5 Å². The normalized spacial score (nSPS) is 26.1. The van der Waals surface area contributed by atoms with Crippen LogP contribution in [-0.4, -0.2) is 41.7 Å². The van der Waals surface area contributed by atoms with Crippen molar-refractivity contribution in [1.29, 1.82) is 0 Å². The van der Waals surface area contributed by atoms with E-state index in [-0.39, 0.29) is 5.16 Å². The maximum atomic E-state index is 11.9. The smallest absolute Gasteiger partial charge is 0.227 e. The first-order valence-electron chi connectivity index (χ1n) is 7.83. The molecule has 118 valence electrons. The Morgan fingerprint density at radius 1 is 1.38 bits per heavy atom. The second-order valence-corrected chi connectivity index (χ2v) is 8.98. The van der Waals surface area contributed by atoms with Crippen LogP contribution in [0.5, 0.6) is 0 Å². The van der Waals surface area contributed by atoms with E-state index in [2.05, 4.69) is 23.7 Å². The van der Waals surface area contributed by atoms with Crippen LogP contribution < -0.4 is 0 Å². The first-order valence-corrected chi connectivity index (χ1v) is 9.72. The van der Waals surface area contributed by atoms with Crippen LogP contribution in [0.2, 0.25) is 0 Å². The molecule has 5 nitrogen and oxygen atoms in total. The topological polar surface area (TPSA) is 55.2 Å². The molecule has 1 aliphatic carbocycles. The van der Waals surface area contributed by atoms with Crippen molar-refractivity contribution in [3.05, 3.63) is 11.9 Å². The minimum absolute atomic E-state index is 0.218. The SMILES string of the molecule is CC(C)Cn1c(CN2C[C@H]3CC[C@H]2C3)cnc1S(C)(=O)=O. The van der Waals surface area contributed by atoms with Crippen LogP contribution in [0.25, 0.3) is 0 Å². The van der Waals surface area contributed by atoms with Crippen LogP contribution in [0.4, 0.5) is 0 Å². The monoisotopic (exact) mass is 311 g/mol. The molecule has 2 bridgehead atoms. The van der Waals surface area contributed by atoms with Crippen molar-refractivity contribution in [2.45, 2.75) is 57.4 Å². The zero-order chi connectivity index (χ0) is 15.2. The fraction of sp³-hybridized carbons (Fsp3) is 0.800. The molecule has 0 N–H and O–H groups in total. The van der Waals surface area contributed by atoms with Gasteiger partial charge in [-0.1, -0.05) is 13.8 Å². The number of likely N-dealkylation sites (tertiary alicyclic amines) is 1. The van der Waals surface area contributed by atoms with Gasteiger partial charge in [0.1, 0.15) is 0 Å². The van der Waals surface area contributed by atoms with Gasteiger partial charge in [-0.3, -0.25) is 4.90 Å². The first kappa shape index (κ1) is 15.0. The molecule has 2 fully saturated rings. The Bertz CT molecular complexity index is 621. The molecule has 3 rings (SSSR count). The Morgan fingerprint density at radius 2 is 2.14 bits per heavy atom. The lowest BCUT2D eigenvalue weighted by Gasteiger charge is -2.27. The average molecular weight is 311 g/mol. The minimum Gasteiger partial charge on any atom is -0.317 e. The third kappa shape index (κ3) is 3.01. The van der Waals surface area contributed by atoms with Crippen molar-refractivity contribution < 1.29 is 8.42 Å². The predicted molar refractivity (Wildman–Crippen MR) is 81.7 cm³/mol. The summed E-state index contributed by atoms with van der Waals surface area (Å²) in [7, 11) is -3.27. The fourth-order valence-electron chi connectivity index (χ4n) is 3.80. The number of piperidine rings is 1. The summed E-state index contributed by atoms with van der Waals surface area (Å²) in [6.07, 6.45) is 6.97. The predicted octanol–water partition coefficient (Wildman–Crippen LogP) is 1.93. The molecule has 0 spiro atoms. The molecular weight excluding hydrogens is 286 g/mol. The molecule has 2 heterocycles. The van der Waals surface area contributed by atoms with E-state index in [4.69, 9.17) is 0 Å². The number of rotatable bonds is 5. The average Bonchev–Trinajstić information content (AvgIpc) is 3.04. The van der Waals surface area contributed by atoms with Crippen molar-refractivity contribution in [2.24, 2.45) is 11.8 Å². The molecule has 6 heteroatoms. The van der Waals surface area contributed by atoms with Gasteiger partial charge in [-0.15, -0.1) is 0 Å². The molecular formula is C15H25N3O2S. The summed E-state index contributed by atoms with van der Waals surface area (Å²) in [5.74, 6) is 1.25. The third-order valence-corrected chi connectivity index (χ3v) is 5.66.